The predicted molar refractivity (Wildman–Crippen MR) is 83.5 cm³/mol. The Bertz CT molecular complexity index is 496. The minimum absolute atomic E-state index is 0.0355. The van der Waals surface area contributed by atoms with Crippen LogP contribution in [0.5, 0.6) is 5.75 Å². The summed E-state index contributed by atoms with van der Waals surface area (Å²) in [6, 6.07) is 7.68. The minimum atomic E-state index is 0.0355. The zero-order valence-corrected chi connectivity index (χ0v) is 13.0. The van der Waals surface area contributed by atoms with Crippen LogP contribution in [0.15, 0.2) is 24.3 Å². The van der Waals surface area contributed by atoms with E-state index < -0.39 is 0 Å². The van der Waals surface area contributed by atoms with E-state index in [0.717, 1.165) is 17.6 Å². The second-order valence-corrected chi connectivity index (χ2v) is 6.56. The molecule has 0 unspecified atom stereocenters. The number of benzene rings is 1. The molecule has 1 aromatic rings. The molecule has 3 heteroatoms. The van der Waals surface area contributed by atoms with Crippen molar-refractivity contribution in [2.45, 2.75) is 45.6 Å². The molecule has 0 aromatic heterocycles. The van der Waals surface area contributed by atoms with E-state index in [-0.39, 0.29) is 11.9 Å². The lowest BCUT2D eigenvalue weighted by atomic mass is 9.84. The highest BCUT2D eigenvalue weighted by Gasteiger charge is 2.42. The van der Waals surface area contributed by atoms with E-state index in [4.69, 9.17) is 4.74 Å². The standard InChI is InChI=1S/C18H25NO2/c1-3-21-16-8-6-14(7-9-16)18(20)19-12(2)17-11-13-4-5-15(17)10-13/h6-9,12-13,15,17H,3-5,10-11H2,1-2H3,(H,19,20)/t12-,13+,15+,17+/m1/s1. The molecule has 2 aliphatic rings. The average molecular weight is 287 g/mol. The highest BCUT2D eigenvalue weighted by atomic mass is 16.5. The first-order chi connectivity index (χ1) is 10.2. The molecule has 4 atom stereocenters. The second-order valence-electron chi connectivity index (χ2n) is 6.56. The minimum Gasteiger partial charge on any atom is -0.494 e. The zero-order chi connectivity index (χ0) is 14.8. The Morgan fingerprint density at radius 3 is 2.62 bits per heavy atom. The Labute approximate surface area is 127 Å². The van der Waals surface area contributed by atoms with Crippen molar-refractivity contribution in [2.75, 3.05) is 6.61 Å². The van der Waals surface area contributed by atoms with Crippen LogP contribution >= 0.6 is 0 Å². The van der Waals surface area contributed by atoms with E-state index in [0.29, 0.717) is 18.1 Å². The van der Waals surface area contributed by atoms with Crippen LogP contribution in [0.25, 0.3) is 0 Å². The third kappa shape index (κ3) is 3.07. The van der Waals surface area contributed by atoms with Gasteiger partial charge < -0.3 is 10.1 Å². The predicted octanol–water partition coefficient (Wildman–Crippen LogP) is 3.64. The number of carbonyl (C=O) groups excluding carboxylic acids is 1. The quantitative estimate of drug-likeness (QED) is 0.898. The molecular weight excluding hydrogens is 262 g/mol. The number of hydrogen-bond donors (Lipinski definition) is 1. The van der Waals surface area contributed by atoms with Gasteiger partial charge in [-0.05, 0) is 75.1 Å². The van der Waals surface area contributed by atoms with Crippen LogP contribution in [0.4, 0.5) is 0 Å². The van der Waals surface area contributed by atoms with Gasteiger partial charge in [-0.15, -0.1) is 0 Å². The van der Waals surface area contributed by atoms with Crippen molar-refractivity contribution in [3.05, 3.63) is 29.8 Å². The lowest BCUT2D eigenvalue weighted by Crippen LogP contribution is -2.40. The van der Waals surface area contributed by atoms with E-state index in [1.165, 1.54) is 25.7 Å². The number of amides is 1. The summed E-state index contributed by atoms with van der Waals surface area (Å²) < 4.78 is 5.40. The van der Waals surface area contributed by atoms with E-state index in [9.17, 15) is 4.79 Å². The van der Waals surface area contributed by atoms with Crippen molar-refractivity contribution < 1.29 is 9.53 Å². The van der Waals surface area contributed by atoms with Gasteiger partial charge in [-0.3, -0.25) is 4.79 Å². The summed E-state index contributed by atoms with van der Waals surface area (Å²) in [4.78, 5) is 12.3. The van der Waals surface area contributed by atoms with Crippen LogP contribution in [0.1, 0.15) is 49.9 Å². The third-order valence-electron chi connectivity index (χ3n) is 5.22. The molecule has 1 amide bonds. The van der Waals surface area contributed by atoms with E-state index in [2.05, 4.69) is 12.2 Å². The van der Waals surface area contributed by atoms with Gasteiger partial charge in [0.25, 0.3) is 5.91 Å². The van der Waals surface area contributed by atoms with Crippen molar-refractivity contribution in [3.8, 4) is 5.75 Å². The van der Waals surface area contributed by atoms with Crippen molar-refractivity contribution in [1.82, 2.24) is 5.32 Å². The van der Waals surface area contributed by atoms with Crippen LogP contribution in [0.2, 0.25) is 0 Å². The summed E-state index contributed by atoms with van der Waals surface area (Å²) in [5.74, 6) is 3.29. The second kappa shape index (κ2) is 6.08. The summed E-state index contributed by atoms with van der Waals surface area (Å²) in [7, 11) is 0. The fourth-order valence-corrected chi connectivity index (χ4v) is 4.17. The van der Waals surface area contributed by atoms with Crippen LogP contribution in [0.3, 0.4) is 0 Å². The van der Waals surface area contributed by atoms with Crippen molar-refractivity contribution in [1.29, 1.82) is 0 Å². The number of carbonyl (C=O) groups is 1. The Morgan fingerprint density at radius 2 is 2.05 bits per heavy atom. The molecule has 1 N–H and O–H groups in total. The highest BCUT2D eigenvalue weighted by Crippen LogP contribution is 2.49. The van der Waals surface area contributed by atoms with Crippen LogP contribution < -0.4 is 10.1 Å². The van der Waals surface area contributed by atoms with E-state index in [1.807, 2.05) is 31.2 Å². The van der Waals surface area contributed by atoms with Gasteiger partial charge in [0.05, 0.1) is 6.61 Å². The molecule has 3 nitrogen and oxygen atoms in total. The molecule has 2 bridgehead atoms. The molecule has 0 saturated heterocycles. The zero-order valence-electron chi connectivity index (χ0n) is 13.0. The Balaban J connectivity index is 1.58. The molecule has 0 aliphatic heterocycles. The van der Waals surface area contributed by atoms with Crippen molar-refractivity contribution in [3.63, 3.8) is 0 Å². The van der Waals surface area contributed by atoms with E-state index in [1.54, 1.807) is 0 Å². The number of rotatable bonds is 5. The SMILES string of the molecule is CCOc1ccc(C(=O)N[C@H](C)[C@@H]2C[C@H]3CC[C@H]2C3)cc1. The van der Waals surface area contributed by atoms with Gasteiger partial charge in [0.2, 0.25) is 0 Å². The van der Waals surface area contributed by atoms with Crippen LogP contribution in [0, 0.1) is 17.8 Å². The van der Waals surface area contributed by atoms with Gasteiger partial charge in [0.15, 0.2) is 0 Å². The van der Waals surface area contributed by atoms with Gasteiger partial charge in [-0.1, -0.05) is 6.42 Å². The Hall–Kier alpha value is -1.51. The molecule has 1 aromatic carbocycles. The summed E-state index contributed by atoms with van der Waals surface area (Å²) in [5.41, 5.74) is 0.716. The molecule has 0 heterocycles. The highest BCUT2D eigenvalue weighted by molar-refractivity contribution is 5.94. The maximum atomic E-state index is 12.3. The number of fused-ring (bicyclic) bond motifs is 2. The largest absolute Gasteiger partial charge is 0.494 e. The number of hydrogen-bond acceptors (Lipinski definition) is 2. The maximum Gasteiger partial charge on any atom is 0.251 e. The topological polar surface area (TPSA) is 38.3 Å². The molecular formula is C18H25NO2. The summed E-state index contributed by atoms with van der Waals surface area (Å²) in [6.07, 6.45) is 5.45. The van der Waals surface area contributed by atoms with Gasteiger partial charge in [0, 0.05) is 11.6 Å². The van der Waals surface area contributed by atoms with E-state index >= 15 is 0 Å². The van der Waals surface area contributed by atoms with Gasteiger partial charge in [0.1, 0.15) is 5.75 Å². The first kappa shape index (κ1) is 14.4. The normalized spacial score (nSPS) is 28.4. The van der Waals surface area contributed by atoms with Crippen LogP contribution in [-0.2, 0) is 0 Å². The monoisotopic (exact) mass is 287 g/mol. The lowest BCUT2D eigenvalue weighted by molar-refractivity contribution is 0.0915. The first-order valence-corrected chi connectivity index (χ1v) is 8.21. The molecule has 0 spiro atoms. The Kier molecular flexibility index (Phi) is 4.18. The average Bonchev–Trinajstić information content (AvgIpc) is 3.11. The molecule has 2 fully saturated rings. The first-order valence-electron chi connectivity index (χ1n) is 8.21. The maximum absolute atomic E-state index is 12.3. The van der Waals surface area contributed by atoms with Crippen molar-refractivity contribution >= 4 is 5.91 Å². The molecule has 0 radical (unpaired) electrons. The fraction of sp³-hybridized carbons (Fsp3) is 0.611. The summed E-state index contributed by atoms with van der Waals surface area (Å²) >= 11 is 0. The molecule has 2 saturated carbocycles. The van der Waals surface area contributed by atoms with Gasteiger partial charge >= 0.3 is 0 Å². The molecule has 21 heavy (non-hydrogen) atoms. The number of nitrogens with one attached hydrogen (secondary N) is 1. The lowest BCUT2D eigenvalue weighted by Gasteiger charge is -2.28. The third-order valence-corrected chi connectivity index (χ3v) is 5.22. The van der Waals surface area contributed by atoms with Crippen molar-refractivity contribution in [2.24, 2.45) is 17.8 Å². The summed E-state index contributed by atoms with van der Waals surface area (Å²) in [5, 5.41) is 3.19. The molecule has 114 valence electrons. The number of ether oxygens (including phenoxy) is 1. The van der Waals surface area contributed by atoms with Gasteiger partial charge in [-0.25, -0.2) is 0 Å². The fourth-order valence-electron chi connectivity index (χ4n) is 4.17. The molecule has 2 aliphatic carbocycles. The molecule has 3 rings (SSSR count). The smallest absolute Gasteiger partial charge is 0.251 e. The summed E-state index contributed by atoms with van der Waals surface area (Å²) in [6.45, 7) is 4.77. The Morgan fingerprint density at radius 1 is 1.29 bits per heavy atom. The van der Waals surface area contributed by atoms with Crippen LogP contribution in [-0.4, -0.2) is 18.6 Å². The van der Waals surface area contributed by atoms with Gasteiger partial charge in [-0.2, -0.15) is 0 Å².